The lowest BCUT2D eigenvalue weighted by Gasteiger charge is -2.29. The largest absolute Gasteiger partial charge is 0.360 e. The number of pyridine rings is 1. The normalized spacial score (nSPS) is 12.7. The summed E-state index contributed by atoms with van der Waals surface area (Å²) in [5.74, 6) is -0.0793. The minimum atomic E-state index is -0.758. The number of carbonyl (C=O) groups excluding carboxylic acids is 1. The van der Waals surface area contributed by atoms with E-state index < -0.39 is 11.7 Å². The van der Waals surface area contributed by atoms with Crippen LogP contribution in [0.15, 0.2) is 24.3 Å². The van der Waals surface area contributed by atoms with E-state index in [9.17, 15) is 4.79 Å². The van der Waals surface area contributed by atoms with E-state index in [-0.39, 0.29) is 12.5 Å². The second-order valence-electron chi connectivity index (χ2n) is 8.85. The van der Waals surface area contributed by atoms with Crippen molar-refractivity contribution in [1.82, 2.24) is 9.55 Å². The number of fused-ring (bicyclic) bond motifs is 1. The van der Waals surface area contributed by atoms with Crippen LogP contribution in [-0.4, -0.2) is 20.9 Å². The van der Waals surface area contributed by atoms with E-state index in [0.29, 0.717) is 10.7 Å². The highest BCUT2D eigenvalue weighted by molar-refractivity contribution is 6.30. The molecule has 0 radical (unpaired) electrons. The minimum absolute atomic E-state index is 0.0793. The van der Waals surface area contributed by atoms with Crippen LogP contribution < -0.4 is 0 Å². The van der Waals surface area contributed by atoms with E-state index in [4.69, 9.17) is 27.9 Å². The number of ketones is 1. The van der Waals surface area contributed by atoms with Gasteiger partial charge in [-0.3, -0.25) is 14.2 Å². The quantitative estimate of drug-likeness (QED) is 0.422. The van der Waals surface area contributed by atoms with Crippen LogP contribution in [-0.2, 0) is 16.2 Å². The number of aromatic nitrogens is 2. The predicted molar refractivity (Wildman–Crippen MR) is 125 cm³/mol. The Balaban J connectivity index is 2.50. The van der Waals surface area contributed by atoms with E-state index in [2.05, 4.69) is 4.85 Å². The number of aryl methyl sites for hydroxylation is 2. The lowest BCUT2D eigenvalue weighted by molar-refractivity contribution is -0.138. The molecule has 0 aliphatic heterocycles. The molecule has 0 saturated heterocycles. The van der Waals surface area contributed by atoms with Crippen LogP contribution in [0.2, 0.25) is 5.02 Å². The van der Waals surface area contributed by atoms with Gasteiger partial charge in [-0.25, -0.2) is 11.6 Å². The highest BCUT2D eigenvalue weighted by Crippen LogP contribution is 2.42. The Kier molecular flexibility index (Phi) is 6.27. The van der Waals surface area contributed by atoms with Gasteiger partial charge in [0.1, 0.15) is 11.8 Å². The Morgan fingerprint density at radius 3 is 2.35 bits per heavy atom. The zero-order valence-electron chi connectivity index (χ0n) is 19.1. The highest BCUT2D eigenvalue weighted by atomic mass is 35.5. The van der Waals surface area contributed by atoms with Crippen molar-refractivity contribution >= 4 is 28.4 Å². The summed E-state index contributed by atoms with van der Waals surface area (Å²) in [5.41, 5.74) is 5.57. The second kappa shape index (κ2) is 8.45. The van der Waals surface area contributed by atoms with Crippen molar-refractivity contribution in [1.29, 1.82) is 0 Å². The van der Waals surface area contributed by atoms with E-state index >= 15 is 0 Å². The van der Waals surface area contributed by atoms with Crippen molar-refractivity contribution in [2.75, 3.05) is 0 Å². The molecular formula is C25H28ClN3O2. The van der Waals surface area contributed by atoms with Crippen LogP contribution in [0.1, 0.15) is 56.3 Å². The van der Waals surface area contributed by atoms with E-state index in [1.54, 1.807) is 6.92 Å². The molecule has 0 amide bonds. The molecule has 0 aliphatic rings. The first-order valence-electron chi connectivity index (χ1n) is 10.2. The maximum atomic E-state index is 12.8. The Labute approximate surface area is 188 Å². The Bertz CT molecular complexity index is 1200. The third-order valence-corrected chi connectivity index (χ3v) is 5.68. The van der Waals surface area contributed by atoms with Crippen molar-refractivity contribution in [2.45, 2.75) is 66.8 Å². The first-order valence-corrected chi connectivity index (χ1v) is 10.6. The summed E-state index contributed by atoms with van der Waals surface area (Å²) in [6.45, 7) is 20.9. The van der Waals surface area contributed by atoms with Crippen molar-refractivity contribution in [2.24, 2.45) is 0 Å². The first-order chi connectivity index (χ1) is 14.5. The molecule has 2 heterocycles. The van der Waals surface area contributed by atoms with E-state index in [1.165, 1.54) is 0 Å². The molecule has 6 heteroatoms. The average molecular weight is 438 g/mol. The smallest absolute Gasteiger partial charge is 0.294 e. The number of rotatable bonds is 5. The molecular weight excluding hydrogens is 410 g/mol. The zero-order valence-corrected chi connectivity index (χ0v) is 19.9. The molecule has 0 spiro atoms. The SMILES string of the molecule is [C-]#[N+]Cn1c(C)c(C)c2c(-c3ccc(Cl)cc3)c(C(OC(C)(C)C)C(C)=O)c(C)nc21. The Morgan fingerprint density at radius 2 is 1.84 bits per heavy atom. The molecule has 0 fully saturated rings. The van der Waals surface area contributed by atoms with Crippen molar-refractivity contribution in [3.05, 3.63) is 63.2 Å². The van der Waals surface area contributed by atoms with Crippen LogP contribution in [0.3, 0.4) is 0 Å². The van der Waals surface area contributed by atoms with Gasteiger partial charge < -0.3 is 4.74 Å². The summed E-state index contributed by atoms with van der Waals surface area (Å²) in [4.78, 5) is 21.2. The Morgan fingerprint density at radius 1 is 1.23 bits per heavy atom. The molecule has 1 unspecified atom stereocenters. The van der Waals surface area contributed by atoms with Crippen molar-refractivity contribution in [3.63, 3.8) is 0 Å². The van der Waals surface area contributed by atoms with Gasteiger partial charge in [0, 0.05) is 32.9 Å². The lowest BCUT2D eigenvalue weighted by Crippen LogP contribution is -2.27. The standard InChI is InChI=1S/C25H28ClN3O2/c1-14-16(3)29(13-27-8)24-20(14)22(18-9-11-19(26)12-10-18)21(15(2)28-24)23(17(4)30)31-25(5,6)7/h9-12,23H,13H2,1-7H3. The predicted octanol–water partition coefficient (Wildman–Crippen LogP) is 6.60. The van der Waals surface area contributed by atoms with Crippen molar-refractivity contribution in [3.8, 4) is 11.1 Å². The average Bonchev–Trinajstić information content (AvgIpc) is 2.90. The molecule has 31 heavy (non-hydrogen) atoms. The molecule has 162 valence electrons. The fourth-order valence-corrected chi connectivity index (χ4v) is 4.10. The first kappa shape index (κ1) is 23.0. The second-order valence-corrected chi connectivity index (χ2v) is 9.29. The molecule has 0 saturated carbocycles. The fraction of sp³-hybridized carbons (Fsp3) is 0.400. The molecule has 0 aliphatic carbocycles. The summed E-state index contributed by atoms with van der Waals surface area (Å²) in [6.07, 6.45) is -0.758. The van der Waals surface area contributed by atoms with Gasteiger partial charge in [0.25, 0.3) is 6.67 Å². The monoisotopic (exact) mass is 437 g/mol. The van der Waals surface area contributed by atoms with Gasteiger partial charge in [0.2, 0.25) is 0 Å². The Hall–Kier alpha value is -2.68. The summed E-state index contributed by atoms with van der Waals surface area (Å²) in [6, 6.07) is 7.59. The summed E-state index contributed by atoms with van der Waals surface area (Å²) in [5, 5.41) is 1.58. The zero-order chi connectivity index (χ0) is 23.1. The number of ether oxygens (including phenoxy) is 1. The maximum absolute atomic E-state index is 12.8. The van der Waals surface area contributed by atoms with Crippen LogP contribution in [0, 0.1) is 27.3 Å². The van der Waals surface area contributed by atoms with Crippen molar-refractivity contribution < 1.29 is 9.53 Å². The topological polar surface area (TPSA) is 48.5 Å². The number of Topliss-reactive ketones (excluding diaryl/α,β-unsaturated/α-hetero) is 1. The lowest BCUT2D eigenvalue weighted by atomic mass is 9.90. The minimum Gasteiger partial charge on any atom is -0.360 e. The molecule has 0 N–H and O–H groups in total. The van der Waals surface area contributed by atoms with Crippen LogP contribution in [0.4, 0.5) is 0 Å². The van der Waals surface area contributed by atoms with E-state index in [1.807, 2.05) is 70.4 Å². The molecule has 1 atom stereocenters. The van der Waals surface area contributed by atoms with Crippen LogP contribution in [0.25, 0.3) is 27.0 Å². The molecule has 5 nitrogen and oxygen atoms in total. The van der Waals surface area contributed by atoms with Gasteiger partial charge in [0.05, 0.1) is 5.60 Å². The number of hydrogen-bond acceptors (Lipinski definition) is 3. The third kappa shape index (κ3) is 4.37. The number of halogens is 1. The van der Waals surface area contributed by atoms with E-state index in [0.717, 1.165) is 39.0 Å². The summed E-state index contributed by atoms with van der Waals surface area (Å²) in [7, 11) is 0. The molecule has 3 aromatic rings. The van der Waals surface area contributed by atoms with Gasteiger partial charge in [-0.2, -0.15) is 0 Å². The molecule has 2 aromatic heterocycles. The summed E-state index contributed by atoms with van der Waals surface area (Å²) < 4.78 is 8.19. The third-order valence-electron chi connectivity index (χ3n) is 5.43. The number of hydrogen-bond donors (Lipinski definition) is 0. The number of nitrogens with zero attached hydrogens (tertiary/aromatic N) is 3. The van der Waals surface area contributed by atoms with Gasteiger partial charge in [-0.05, 0) is 71.7 Å². The fourth-order valence-electron chi connectivity index (χ4n) is 3.97. The molecule has 0 bridgehead atoms. The highest BCUT2D eigenvalue weighted by Gasteiger charge is 2.32. The van der Waals surface area contributed by atoms with Gasteiger partial charge in [-0.15, -0.1) is 0 Å². The number of benzene rings is 1. The van der Waals surface area contributed by atoms with Crippen LogP contribution in [0.5, 0.6) is 0 Å². The van der Waals surface area contributed by atoms with Crippen LogP contribution >= 0.6 is 11.6 Å². The molecule has 3 rings (SSSR count). The number of carbonyl (C=O) groups is 1. The van der Waals surface area contributed by atoms with Gasteiger partial charge in [-0.1, -0.05) is 23.7 Å². The maximum Gasteiger partial charge on any atom is 0.294 e. The summed E-state index contributed by atoms with van der Waals surface area (Å²) >= 11 is 6.16. The van der Waals surface area contributed by atoms with Gasteiger partial charge in [0.15, 0.2) is 5.78 Å². The molecule has 1 aromatic carbocycles. The van der Waals surface area contributed by atoms with Gasteiger partial charge >= 0.3 is 0 Å².